The lowest BCUT2D eigenvalue weighted by Gasteiger charge is -2.49. The summed E-state index contributed by atoms with van der Waals surface area (Å²) < 4.78 is 42.4. The lowest BCUT2D eigenvalue weighted by atomic mass is 10.0. The Labute approximate surface area is 345 Å². The van der Waals surface area contributed by atoms with Crippen LogP contribution in [0, 0.1) is 5.82 Å². The Morgan fingerprint density at radius 2 is 1.93 bits per heavy atom. The number of hydrogen-bond donors (Lipinski definition) is 9. The molecule has 2 unspecified atom stereocenters. The van der Waals surface area contributed by atoms with Crippen LogP contribution in [0.3, 0.4) is 0 Å². The number of benzene rings is 2. The number of nitrogen functional groups attached to an aromatic ring is 1. The molecular formula is C33H31FN10O11S4. The number of fused-ring (bicyclic) bond motifs is 2. The number of aliphatic carboxylic acids is 1. The lowest BCUT2D eigenvalue weighted by Crippen LogP contribution is -2.71. The molecule has 2 aromatic carbocycles. The standard InChI is InChI=1S/C33H31FN10O11S4/c1-14-6-23(44-22(37-14)8-42(41-44)13-36-59(53,54)17-3-5-19(45)21(47)7-17)56-10-16-11-57-31-26(30(50)43(31)27(16)32(51)52)39-29(49)25(18-12-58-33(35)38-18)40-55-9-15-2-4-20(46)28(48)24(15)34/h2-8,12,26,31,36,41,45-48H,9-11,13H2,1H3,(H2,35,38)(H,39,49)(H,51,52). The first-order valence-corrected chi connectivity index (χ1v) is 21.2. The largest absolute Gasteiger partial charge is 0.504 e. The van der Waals surface area contributed by atoms with Gasteiger partial charge in [0.1, 0.15) is 29.4 Å². The summed E-state index contributed by atoms with van der Waals surface area (Å²) in [4.78, 5) is 54.2. The number of oxime groups is 1. The summed E-state index contributed by atoms with van der Waals surface area (Å²) >= 11 is 3.44. The van der Waals surface area contributed by atoms with E-state index in [9.17, 15) is 52.7 Å². The molecule has 5 heterocycles. The van der Waals surface area contributed by atoms with Crippen LogP contribution in [0.2, 0.25) is 0 Å². The zero-order valence-corrected chi connectivity index (χ0v) is 33.3. The number of hydrogen-bond acceptors (Lipinski definition) is 20. The van der Waals surface area contributed by atoms with Crippen molar-refractivity contribution in [2.45, 2.75) is 29.8 Å². The molecule has 0 aliphatic carbocycles. The predicted molar refractivity (Wildman–Crippen MR) is 211 cm³/mol. The minimum Gasteiger partial charge on any atom is -0.504 e. The van der Waals surface area contributed by atoms with Crippen molar-refractivity contribution in [2.24, 2.45) is 10.1 Å². The number of carboxylic acids is 1. The van der Waals surface area contributed by atoms with Gasteiger partial charge >= 0.3 is 5.97 Å². The summed E-state index contributed by atoms with van der Waals surface area (Å²) in [5.74, 6) is -6.22. The second-order valence-corrected chi connectivity index (χ2v) is 17.4. The minimum absolute atomic E-state index is 0.0215. The molecule has 2 atom stereocenters. The molecule has 310 valence electrons. The maximum absolute atomic E-state index is 14.4. The van der Waals surface area contributed by atoms with E-state index in [1.807, 2.05) is 0 Å². The molecule has 2 amide bonds. The fourth-order valence-corrected chi connectivity index (χ4v) is 9.93. The molecule has 10 N–H and O–H groups in total. The first-order valence-electron chi connectivity index (χ1n) is 16.8. The molecule has 1 fully saturated rings. The number of nitrogens with zero attached hydrogens (tertiary/aromatic N) is 6. The van der Waals surface area contributed by atoms with Crippen LogP contribution < -0.4 is 21.3 Å². The molecule has 4 aliphatic heterocycles. The number of β-lactam (4-membered cyclic amide) rings is 1. The van der Waals surface area contributed by atoms with E-state index in [0.717, 1.165) is 46.6 Å². The van der Waals surface area contributed by atoms with Crippen LogP contribution in [0.1, 0.15) is 18.2 Å². The van der Waals surface area contributed by atoms with Crippen LogP contribution in [0.5, 0.6) is 23.0 Å². The zero-order chi connectivity index (χ0) is 42.3. The molecule has 59 heavy (non-hydrogen) atoms. The van der Waals surface area contributed by atoms with Gasteiger partial charge in [-0.05, 0) is 42.8 Å². The van der Waals surface area contributed by atoms with Gasteiger partial charge in [0, 0.05) is 34.2 Å². The fraction of sp³-hybridized carbons (Fsp3) is 0.212. The molecule has 7 rings (SSSR count). The van der Waals surface area contributed by atoms with Crippen molar-refractivity contribution < 1.29 is 57.6 Å². The monoisotopic (exact) mass is 890 g/mol. The van der Waals surface area contributed by atoms with E-state index in [1.165, 1.54) is 40.1 Å². The lowest BCUT2D eigenvalue weighted by molar-refractivity contribution is -0.150. The van der Waals surface area contributed by atoms with Gasteiger partial charge in [0.05, 0.1) is 22.8 Å². The Bertz CT molecular complexity index is 2550. The van der Waals surface area contributed by atoms with Crippen LogP contribution in [0.4, 0.5) is 9.52 Å². The average molecular weight is 891 g/mol. The molecule has 26 heteroatoms. The maximum Gasteiger partial charge on any atom is 0.352 e. The average Bonchev–Trinajstić information content (AvgIpc) is 3.82. The third-order valence-corrected chi connectivity index (χ3v) is 13.2. The van der Waals surface area contributed by atoms with Crippen molar-refractivity contribution >= 4 is 79.2 Å². The number of nitrogens with one attached hydrogen (secondary N) is 3. The summed E-state index contributed by atoms with van der Waals surface area (Å²) in [6, 6.07) is 4.09. The number of carbonyl (C=O) groups is 3. The number of rotatable bonds is 14. The number of allylic oxidation sites excluding steroid dienone is 1. The van der Waals surface area contributed by atoms with Gasteiger partial charge in [0.15, 0.2) is 45.5 Å². The number of thioether (sulfide) groups is 2. The Kier molecular flexibility index (Phi) is 11.4. The SMILES string of the molecule is CC1=NC2=CN(CNS(=O)(=O)c3ccc(O)c(O)c3)NN2C(SCC2=C(C(=O)O)N3C(=O)C(NC(=O)C(=NOCc4ccc(O)c(O)c4F)c4csc(N)n4)C3SC2)=C1. The van der Waals surface area contributed by atoms with Crippen molar-refractivity contribution in [3.63, 3.8) is 0 Å². The number of phenolic OH excluding ortho intramolecular Hbond substituents is 4. The number of hydrazine groups is 2. The van der Waals surface area contributed by atoms with Gasteiger partial charge in [-0.25, -0.2) is 32.6 Å². The highest BCUT2D eigenvalue weighted by Crippen LogP contribution is 2.42. The molecule has 0 bridgehead atoms. The summed E-state index contributed by atoms with van der Waals surface area (Å²) in [5.41, 5.74) is 8.87. The van der Waals surface area contributed by atoms with Crippen LogP contribution in [-0.4, -0.2) is 113 Å². The van der Waals surface area contributed by atoms with Crippen molar-refractivity contribution in [3.8, 4) is 23.0 Å². The van der Waals surface area contributed by atoms with Gasteiger partial charge in [-0.3, -0.25) is 19.5 Å². The number of sulfonamides is 1. The Hall–Kier alpha value is -6.06. The van der Waals surface area contributed by atoms with Gasteiger partial charge in [0.2, 0.25) is 10.0 Å². The molecule has 1 aromatic heterocycles. The van der Waals surface area contributed by atoms with Crippen molar-refractivity contribution in [1.82, 2.24) is 35.5 Å². The quantitative estimate of drug-likeness (QED) is 0.0475. The molecular weight excluding hydrogens is 860 g/mol. The number of nitrogens with two attached hydrogens (primary N) is 1. The third kappa shape index (κ3) is 8.30. The molecule has 4 aliphatic rings. The van der Waals surface area contributed by atoms with Crippen molar-refractivity contribution in [3.05, 3.63) is 87.2 Å². The number of amides is 2. The second kappa shape index (κ2) is 16.3. The summed E-state index contributed by atoms with van der Waals surface area (Å²) in [5, 5.41) is 59.3. The van der Waals surface area contributed by atoms with Crippen LogP contribution >= 0.6 is 34.9 Å². The maximum atomic E-state index is 14.4. The molecule has 21 nitrogen and oxygen atoms in total. The molecule has 0 saturated carbocycles. The summed E-state index contributed by atoms with van der Waals surface area (Å²) in [6.07, 6.45) is 3.27. The highest BCUT2D eigenvalue weighted by Gasteiger charge is 2.54. The first-order chi connectivity index (χ1) is 28.0. The van der Waals surface area contributed by atoms with Gasteiger partial charge in [-0.2, -0.15) is 4.72 Å². The summed E-state index contributed by atoms with van der Waals surface area (Å²) in [6.45, 7) is 0.896. The highest BCUT2D eigenvalue weighted by molar-refractivity contribution is 8.03. The zero-order valence-electron chi connectivity index (χ0n) is 30.1. The second-order valence-electron chi connectivity index (χ2n) is 12.7. The Morgan fingerprint density at radius 1 is 1.17 bits per heavy atom. The van der Waals surface area contributed by atoms with Crippen LogP contribution in [0.15, 0.2) is 85.2 Å². The van der Waals surface area contributed by atoms with E-state index >= 15 is 0 Å². The number of carbonyl (C=O) groups excluding carboxylic acids is 2. The normalized spacial score (nSPS) is 19.1. The van der Waals surface area contributed by atoms with Gasteiger partial charge in [-0.15, -0.1) is 40.4 Å². The minimum atomic E-state index is -4.10. The number of aliphatic imine (C=N–C) groups is 1. The van der Waals surface area contributed by atoms with E-state index in [4.69, 9.17) is 10.6 Å². The molecule has 0 radical (unpaired) electrons. The van der Waals surface area contributed by atoms with E-state index in [-0.39, 0.29) is 45.2 Å². The van der Waals surface area contributed by atoms with Gasteiger partial charge in [-0.1, -0.05) is 5.16 Å². The van der Waals surface area contributed by atoms with E-state index in [1.54, 1.807) is 18.0 Å². The number of anilines is 1. The third-order valence-electron chi connectivity index (χ3n) is 8.72. The van der Waals surface area contributed by atoms with Gasteiger partial charge < -0.3 is 41.4 Å². The van der Waals surface area contributed by atoms with Crippen molar-refractivity contribution in [2.75, 3.05) is 23.9 Å². The Morgan fingerprint density at radius 3 is 2.64 bits per heavy atom. The number of aromatic hydroxyl groups is 4. The van der Waals surface area contributed by atoms with E-state index < -0.39 is 80.4 Å². The molecule has 1 saturated heterocycles. The number of halogens is 1. The highest BCUT2D eigenvalue weighted by atomic mass is 32.2. The van der Waals surface area contributed by atoms with Crippen molar-refractivity contribution in [1.29, 1.82) is 0 Å². The molecule has 0 spiro atoms. The first kappa shape index (κ1) is 41.1. The number of phenols is 4. The van der Waals surface area contributed by atoms with E-state index in [2.05, 4.69) is 30.7 Å². The number of carboxylic acid groups (broad SMARTS) is 1. The smallest absolute Gasteiger partial charge is 0.352 e. The fourth-order valence-electron chi connectivity index (χ4n) is 5.84. The summed E-state index contributed by atoms with van der Waals surface area (Å²) in [7, 11) is -4.10. The molecule has 3 aromatic rings. The number of aromatic nitrogens is 1. The predicted octanol–water partition coefficient (Wildman–Crippen LogP) is 1.17. The van der Waals surface area contributed by atoms with Gasteiger partial charge in [0.25, 0.3) is 11.8 Å². The number of thiazole rings is 1. The topological polar surface area (TPSA) is 305 Å². The van der Waals surface area contributed by atoms with E-state index in [0.29, 0.717) is 22.1 Å². The van der Waals surface area contributed by atoms with Crippen LogP contribution in [0.25, 0.3) is 0 Å². The Balaban J connectivity index is 1.00. The van der Waals surface area contributed by atoms with Crippen LogP contribution in [-0.2, 0) is 35.9 Å².